The molecule has 6 nitrogen and oxygen atoms in total. The molecule has 0 unspecified atom stereocenters. The van der Waals surface area contributed by atoms with Crippen LogP contribution in [0.15, 0.2) is 0 Å². The van der Waals surface area contributed by atoms with Crippen molar-refractivity contribution in [3.05, 3.63) is 16.0 Å². The average molecular weight is 379 g/mol. The van der Waals surface area contributed by atoms with Crippen molar-refractivity contribution >= 4 is 34.2 Å². The standard InChI is InChI=1S/C19H25NO5S/c1-11-7-8-13-14(9-11)26-17(16(13)19(23)24-2)20-15(21)10-25-18(22)12-5-3-4-6-12/h11-12H,3-10H2,1-2H3,(H,20,21)/t11-/m1/s1. The first kappa shape index (κ1) is 18.9. The number of methoxy groups -OCH3 is 1. The highest BCUT2D eigenvalue weighted by Gasteiger charge is 2.29. The highest BCUT2D eigenvalue weighted by atomic mass is 32.1. The topological polar surface area (TPSA) is 81.7 Å². The van der Waals surface area contributed by atoms with Crippen LogP contribution in [0, 0.1) is 11.8 Å². The summed E-state index contributed by atoms with van der Waals surface area (Å²) in [5, 5.41) is 3.24. The molecular formula is C19H25NO5S. The van der Waals surface area contributed by atoms with Crippen LogP contribution in [0.25, 0.3) is 0 Å². The van der Waals surface area contributed by atoms with E-state index in [1.165, 1.54) is 18.4 Å². The van der Waals surface area contributed by atoms with E-state index in [1.54, 1.807) is 0 Å². The summed E-state index contributed by atoms with van der Waals surface area (Å²) in [6.45, 7) is 1.86. The second-order valence-electron chi connectivity index (χ2n) is 7.18. The maximum absolute atomic E-state index is 12.2. The van der Waals surface area contributed by atoms with E-state index in [2.05, 4.69) is 12.2 Å². The third-order valence-corrected chi connectivity index (χ3v) is 6.36. The predicted molar refractivity (Wildman–Crippen MR) is 98.4 cm³/mol. The number of rotatable bonds is 5. The minimum Gasteiger partial charge on any atom is -0.465 e. The molecule has 7 heteroatoms. The van der Waals surface area contributed by atoms with Crippen molar-refractivity contribution in [2.75, 3.05) is 19.0 Å². The minimum atomic E-state index is -0.435. The number of carbonyl (C=O) groups excluding carboxylic acids is 3. The zero-order valence-corrected chi connectivity index (χ0v) is 16.1. The average Bonchev–Trinajstić information content (AvgIpc) is 3.26. The van der Waals surface area contributed by atoms with E-state index in [4.69, 9.17) is 9.47 Å². The van der Waals surface area contributed by atoms with Gasteiger partial charge in [-0.2, -0.15) is 0 Å². The Bertz CT molecular complexity index is 705. The van der Waals surface area contributed by atoms with Gasteiger partial charge in [0.15, 0.2) is 6.61 Å². The van der Waals surface area contributed by atoms with Crippen LogP contribution in [-0.2, 0) is 31.9 Å². The van der Waals surface area contributed by atoms with Gasteiger partial charge < -0.3 is 14.8 Å². The summed E-state index contributed by atoms with van der Waals surface area (Å²) in [5.74, 6) is -0.680. The van der Waals surface area contributed by atoms with Gasteiger partial charge in [-0.05, 0) is 43.6 Å². The number of hydrogen-bond donors (Lipinski definition) is 1. The Balaban J connectivity index is 1.67. The molecule has 1 N–H and O–H groups in total. The van der Waals surface area contributed by atoms with Crippen LogP contribution in [0.3, 0.4) is 0 Å². The SMILES string of the molecule is COC(=O)c1c(NC(=O)COC(=O)C2CCCC2)sc2c1CC[C@@H](C)C2. The van der Waals surface area contributed by atoms with Crippen LogP contribution >= 0.6 is 11.3 Å². The van der Waals surface area contributed by atoms with Crippen molar-refractivity contribution < 1.29 is 23.9 Å². The molecule has 3 rings (SSSR count). The third kappa shape index (κ3) is 4.09. The fourth-order valence-electron chi connectivity index (χ4n) is 3.74. The molecule has 0 spiro atoms. The van der Waals surface area contributed by atoms with Crippen LogP contribution in [-0.4, -0.2) is 31.6 Å². The fourth-order valence-corrected chi connectivity index (χ4v) is 5.15. The Labute approximate surface area is 157 Å². The molecule has 0 aromatic carbocycles. The van der Waals surface area contributed by atoms with E-state index in [1.807, 2.05) is 0 Å². The maximum Gasteiger partial charge on any atom is 0.341 e. The zero-order valence-electron chi connectivity index (χ0n) is 15.3. The maximum atomic E-state index is 12.2. The molecule has 1 amide bonds. The molecule has 0 bridgehead atoms. The monoisotopic (exact) mass is 379 g/mol. The molecule has 1 atom stereocenters. The number of amides is 1. The molecule has 0 aliphatic heterocycles. The van der Waals surface area contributed by atoms with Gasteiger partial charge in [-0.25, -0.2) is 4.79 Å². The van der Waals surface area contributed by atoms with Gasteiger partial charge >= 0.3 is 11.9 Å². The van der Waals surface area contributed by atoms with Crippen molar-refractivity contribution in [3.63, 3.8) is 0 Å². The van der Waals surface area contributed by atoms with Gasteiger partial charge in [-0.1, -0.05) is 19.8 Å². The molecule has 1 fully saturated rings. The van der Waals surface area contributed by atoms with Gasteiger partial charge in [0.2, 0.25) is 0 Å². The quantitative estimate of drug-likeness (QED) is 0.794. The van der Waals surface area contributed by atoms with Gasteiger partial charge in [0.05, 0.1) is 18.6 Å². The van der Waals surface area contributed by atoms with Crippen molar-refractivity contribution in [3.8, 4) is 0 Å². The molecule has 1 aromatic heterocycles. The molecule has 2 aliphatic carbocycles. The van der Waals surface area contributed by atoms with Gasteiger partial charge in [-0.3, -0.25) is 9.59 Å². The van der Waals surface area contributed by atoms with Crippen molar-refractivity contribution in [1.82, 2.24) is 0 Å². The number of nitrogens with one attached hydrogen (secondary N) is 1. The summed E-state index contributed by atoms with van der Waals surface area (Å²) in [7, 11) is 1.34. The number of esters is 2. The predicted octanol–water partition coefficient (Wildman–Crippen LogP) is 3.33. The molecule has 0 radical (unpaired) electrons. The first-order chi connectivity index (χ1) is 12.5. The van der Waals surface area contributed by atoms with E-state index in [-0.39, 0.29) is 18.5 Å². The van der Waals surface area contributed by atoms with Crippen molar-refractivity contribution in [1.29, 1.82) is 0 Å². The lowest BCUT2D eigenvalue weighted by Crippen LogP contribution is -2.24. The minimum absolute atomic E-state index is 0.0797. The Morgan fingerprint density at radius 3 is 2.62 bits per heavy atom. The number of fused-ring (bicyclic) bond motifs is 1. The normalized spacial score (nSPS) is 19.7. The Kier molecular flexibility index (Phi) is 5.96. The first-order valence-electron chi connectivity index (χ1n) is 9.19. The summed E-state index contributed by atoms with van der Waals surface area (Å²) in [6, 6.07) is 0. The van der Waals surface area contributed by atoms with Gasteiger partial charge in [-0.15, -0.1) is 11.3 Å². The van der Waals surface area contributed by atoms with Gasteiger partial charge in [0, 0.05) is 4.88 Å². The van der Waals surface area contributed by atoms with Crippen molar-refractivity contribution in [2.24, 2.45) is 11.8 Å². The van der Waals surface area contributed by atoms with Crippen LogP contribution in [0.5, 0.6) is 0 Å². The van der Waals surface area contributed by atoms with E-state index in [0.717, 1.165) is 55.4 Å². The summed E-state index contributed by atoms with van der Waals surface area (Å²) < 4.78 is 10.0. The van der Waals surface area contributed by atoms with Gasteiger partial charge in [0.1, 0.15) is 5.00 Å². The second kappa shape index (κ2) is 8.20. The molecule has 1 aromatic rings. The second-order valence-corrected chi connectivity index (χ2v) is 8.29. The lowest BCUT2D eigenvalue weighted by molar-refractivity contribution is -0.151. The fraction of sp³-hybridized carbons (Fsp3) is 0.632. The summed E-state index contributed by atoms with van der Waals surface area (Å²) in [5.41, 5.74) is 1.44. The van der Waals surface area contributed by atoms with Crippen LogP contribution in [0.2, 0.25) is 0 Å². The van der Waals surface area contributed by atoms with Crippen molar-refractivity contribution in [2.45, 2.75) is 51.9 Å². The molecule has 142 valence electrons. The molecule has 1 heterocycles. The summed E-state index contributed by atoms with van der Waals surface area (Å²) in [4.78, 5) is 37.5. The summed E-state index contributed by atoms with van der Waals surface area (Å²) >= 11 is 1.42. The largest absolute Gasteiger partial charge is 0.465 e. The number of anilines is 1. The smallest absolute Gasteiger partial charge is 0.341 e. The lowest BCUT2D eigenvalue weighted by Gasteiger charge is -2.18. The summed E-state index contributed by atoms with van der Waals surface area (Å²) in [6.07, 6.45) is 6.47. The van der Waals surface area contributed by atoms with Crippen LogP contribution < -0.4 is 5.32 Å². The highest BCUT2D eigenvalue weighted by Crippen LogP contribution is 2.40. The molecule has 26 heavy (non-hydrogen) atoms. The van der Waals surface area contributed by atoms with Crippen LogP contribution in [0.4, 0.5) is 5.00 Å². The Morgan fingerprint density at radius 2 is 1.92 bits per heavy atom. The zero-order chi connectivity index (χ0) is 18.7. The van der Waals surface area contributed by atoms with Crippen LogP contribution in [0.1, 0.15) is 59.8 Å². The first-order valence-corrected chi connectivity index (χ1v) is 10.0. The Hall–Kier alpha value is -1.89. The van der Waals surface area contributed by atoms with E-state index >= 15 is 0 Å². The van der Waals surface area contributed by atoms with E-state index in [9.17, 15) is 14.4 Å². The Morgan fingerprint density at radius 1 is 1.19 bits per heavy atom. The molecule has 0 saturated heterocycles. The molecule has 2 aliphatic rings. The molecular weight excluding hydrogens is 354 g/mol. The number of carbonyl (C=O) groups is 3. The molecule has 1 saturated carbocycles. The third-order valence-electron chi connectivity index (χ3n) is 5.19. The lowest BCUT2D eigenvalue weighted by atomic mass is 9.88. The van der Waals surface area contributed by atoms with E-state index < -0.39 is 11.9 Å². The number of thiophene rings is 1. The van der Waals surface area contributed by atoms with E-state index in [0.29, 0.717) is 16.5 Å². The number of hydrogen-bond acceptors (Lipinski definition) is 6. The highest BCUT2D eigenvalue weighted by molar-refractivity contribution is 7.17. The number of ether oxygens (including phenoxy) is 2. The van der Waals surface area contributed by atoms with Gasteiger partial charge in [0.25, 0.3) is 5.91 Å².